The maximum atomic E-state index is 2.47. The van der Waals surface area contributed by atoms with Crippen molar-refractivity contribution in [3.8, 4) is 44.5 Å². The Hall–Kier alpha value is -6.50. The first-order valence-corrected chi connectivity index (χ1v) is 18.7. The van der Waals surface area contributed by atoms with Crippen LogP contribution in [0.4, 0.5) is 0 Å². The topological polar surface area (TPSA) is 0 Å². The Labute approximate surface area is 309 Å². The van der Waals surface area contributed by atoms with Crippen molar-refractivity contribution in [3.63, 3.8) is 0 Å². The van der Waals surface area contributed by atoms with Gasteiger partial charge in [-0.2, -0.15) is 0 Å². The molecule has 0 aromatic heterocycles. The van der Waals surface area contributed by atoms with Gasteiger partial charge in [0.15, 0.2) is 0 Å². The van der Waals surface area contributed by atoms with Crippen LogP contribution in [-0.4, -0.2) is 0 Å². The molecule has 0 aliphatic heterocycles. The molecule has 0 N–H and O–H groups in total. The van der Waals surface area contributed by atoms with Gasteiger partial charge < -0.3 is 0 Å². The van der Waals surface area contributed by atoms with Crippen LogP contribution in [0, 0.1) is 0 Å². The average molecular weight is 673 g/mol. The van der Waals surface area contributed by atoms with Gasteiger partial charge in [-0.25, -0.2) is 0 Å². The van der Waals surface area contributed by atoms with Gasteiger partial charge >= 0.3 is 0 Å². The van der Waals surface area contributed by atoms with Gasteiger partial charge in [0.05, 0.1) is 0 Å². The Balaban J connectivity index is 1.29. The normalized spacial score (nSPS) is 13.2. The summed E-state index contributed by atoms with van der Waals surface area (Å²) in [6.07, 6.45) is 0. The van der Waals surface area contributed by atoms with E-state index >= 15 is 0 Å². The van der Waals surface area contributed by atoms with Crippen LogP contribution in [0.25, 0.3) is 98.4 Å². The molecule has 0 amide bonds. The summed E-state index contributed by atoms with van der Waals surface area (Å²) in [5.74, 6) is 0. The molecule has 1 aliphatic carbocycles. The smallest absolute Gasteiger partial charge is 0.0158 e. The first kappa shape index (κ1) is 30.2. The number of fused-ring (bicyclic) bond motifs is 9. The molecule has 10 aromatic carbocycles. The number of hydrogen-bond donors (Lipinski definition) is 0. The van der Waals surface area contributed by atoms with E-state index in [4.69, 9.17) is 0 Å². The van der Waals surface area contributed by atoms with Crippen LogP contribution in [-0.2, 0) is 5.41 Å². The molecule has 0 heteroatoms. The Morgan fingerprint density at radius 2 is 0.849 bits per heavy atom. The molecular weight excluding hydrogens is 637 g/mol. The molecule has 10 aromatic rings. The van der Waals surface area contributed by atoms with Gasteiger partial charge in [0.2, 0.25) is 0 Å². The summed E-state index contributed by atoms with van der Waals surface area (Å²) in [5.41, 5.74) is 13.0. The van der Waals surface area contributed by atoms with E-state index in [1.54, 1.807) is 0 Å². The lowest BCUT2D eigenvalue weighted by molar-refractivity contribution is 0.660. The van der Waals surface area contributed by atoms with E-state index in [1.165, 1.54) is 109 Å². The van der Waals surface area contributed by atoms with Crippen molar-refractivity contribution >= 4 is 53.9 Å². The van der Waals surface area contributed by atoms with Crippen LogP contribution in [0.5, 0.6) is 0 Å². The van der Waals surface area contributed by atoms with Gasteiger partial charge in [0.1, 0.15) is 0 Å². The molecule has 0 atom stereocenters. The first-order valence-electron chi connectivity index (χ1n) is 18.7. The summed E-state index contributed by atoms with van der Waals surface area (Å²) < 4.78 is 0. The fraction of sp³-hybridized carbons (Fsp3) is 0.0566. The van der Waals surface area contributed by atoms with Gasteiger partial charge in [0, 0.05) is 5.41 Å². The maximum Gasteiger partial charge on any atom is 0.0158 e. The lowest BCUT2D eigenvalue weighted by atomic mass is 9.81. The molecule has 0 saturated heterocycles. The molecular formula is C53H36. The summed E-state index contributed by atoms with van der Waals surface area (Å²) >= 11 is 0. The fourth-order valence-corrected chi connectivity index (χ4v) is 9.56. The summed E-state index contributed by atoms with van der Waals surface area (Å²) in [4.78, 5) is 0. The fourth-order valence-electron chi connectivity index (χ4n) is 9.56. The van der Waals surface area contributed by atoms with E-state index in [9.17, 15) is 0 Å². The van der Waals surface area contributed by atoms with Gasteiger partial charge in [0.25, 0.3) is 0 Å². The molecule has 0 fully saturated rings. The van der Waals surface area contributed by atoms with E-state index in [0.717, 1.165) is 0 Å². The third-order valence-corrected chi connectivity index (χ3v) is 12.0. The Kier molecular flexibility index (Phi) is 6.40. The van der Waals surface area contributed by atoms with E-state index in [0.29, 0.717) is 0 Å². The molecule has 0 unspecified atom stereocenters. The zero-order chi connectivity index (χ0) is 35.3. The average Bonchev–Trinajstić information content (AvgIpc) is 3.44. The van der Waals surface area contributed by atoms with Crippen LogP contribution in [0.2, 0.25) is 0 Å². The summed E-state index contributed by atoms with van der Waals surface area (Å²) in [7, 11) is 0. The maximum absolute atomic E-state index is 2.47. The molecule has 1 aliphatic rings. The molecule has 0 spiro atoms. The molecule has 248 valence electrons. The van der Waals surface area contributed by atoms with Gasteiger partial charge in [-0.15, -0.1) is 0 Å². The van der Waals surface area contributed by atoms with Crippen molar-refractivity contribution in [1.82, 2.24) is 0 Å². The minimum absolute atomic E-state index is 0.0445. The van der Waals surface area contributed by atoms with Gasteiger partial charge in [-0.05, 0) is 128 Å². The van der Waals surface area contributed by atoms with Crippen molar-refractivity contribution in [1.29, 1.82) is 0 Å². The first-order chi connectivity index (χ1) is 26.1. The number of rotatable bonds is 3. The Bertz CT molecular complexity index is 3130. The van der Waals surface area contributed by atoms with E-state index < -0.39 is 0 Å². The van der Waals surface area contributed by atoms with Crippen LogP contribution >= 0.6 is 0 Å². The van der Waals surface area contributed by atoms with Crippen molar-refractivity contribution < 1.29 is 0 Å². The molecule has 0 nitrogen and oxygen atoms in total. The molecule has 53 heavy (non-hydrogen) atoms. The third kappa shape index (κ3) is 4.36. The second-order valence-electron chi connectivity index (χ2n) is 15.2. The number of benzene rings is 10. The standard InChI is InChI=1S/C53H36/c1-53(2)49-25-12-11-21-42(49)46-32-36(27-29-50(46)53)51-43-22-9-10-23-44(43)52(47-30-34-15-4-6-18-39(34)40-19-7-8-20-41(40)47)45-28-26-35(31-48(45)51)38-24-13-16-33-14-3-5-17-37(33)38/h3-32H,1-2H3. The third-order valence-electron chi connectivity index (χ3n) is 12.0. The monoisotopic (exact) mass is 672 g/mol. The van der Waals surface area contributed by atoms with Crippen molar-refractivity contribution in [2.45, 2.75) is 19.3 Å². The largest absolute Gasteiger partial charge is 0.0619 e. The highest BCUT2D eigenvalue weighted by molar-refractivity contribution is 6.26. The summed E-state index contributed by atoms with van der Waals surface area (Å²) in [5, 5.41) is 12.7. The molecule has 0 heterocycles. The predicted octanol–water partition coefficient (Wildman–Crippen LogP) is 14.8. The lowest BCUT2D eigenvalue weighted by Crippen LogP contribution is -2.14. The highest BCUT2D eigenvalue weighted by atomic mass is 14.4. The second kappa shape index (κ2) is 11.2. The SMILES string of the molecule is CC1(C)c2ccccc2-c2cc(-c3c4ccccc4c(-c4cc5ccccc5c5ccccc45)c4ccc(-c5cccc6ccccc56)cc34)ccc21. The Morgan fingerprint density at radius 3 is 1.68 bits per heavy atom. The quantitative estimate of drug-likeness (QED) is 0.129. The van der Waals surface area contributed by atoms with Crippen LogP contribution < -0.4 is 0 Å². The molecule has 11 rings (SSSR count). The zero-order valence-electron chi connectivity index (χ0n) is 29.8. The second-order valence-corrected chi connectivity index (χ2v) is 15.2. The molecule has 0 bridgehead atoms. The minimum atomic E-state index is -0.0445. The van der Waals surface area contributed by atoms with Crippen molar-refractivity contribution in [3.05, 3.63) is 193 Å². The minimum Gasteiger partial charge on any atom is -0.0619 e. The van der Waals surface area contributed by atoms with Gasteiger partial charge in [-0.1, -0.05) is 178 Å². The molecule has 0 radical (unpaired) electrons. The van der Waals surface area contributed by atoms with Crippen LogP contribution in [0.15, 0.2) is 182 Å². The molecule has 0 saturated carbocycles. The summed E-state index contributed by atoms with van der Waals surface area (Å²) in [6, 6.07) is 68.1. The van der Waals surface area contributed by atoms with E-state index in [2.05, 4.69) is 196 Å². The number of hydrogen-bond acceptors (Lipinski definition) is 0. The Morgan fingerprint density at radius 1 is 0.283 bits per heavy atom. The van der Waals surface area contributed by atoms with Crippen LogP contribution in [0.3, 0.4) is 0 Å². The van der Waals surface area contributed by atoms with Crippen molar-refractivity contribution in [2.75, 3.05) is 0 Å². The van der Waals surface area contributed by atoms with Crippen molar-refractivity contribution in [2.24, 2.45) is 0 Å². The predicted molar refractivity (Wildman–Crippen MR) is 228 cm³/mol. The highest BCUT2D eigenvalue weighted by Crippen LogP contribution is 2.52. The highest BCUT2D eigenvalue weighted by Gasteiger charge is 2.35. The lowest BCUT2D eigenvalue weighted by Gasteiger charge is -2.22. The van der Waals surface area contributed by atoms with Crippen LogP contribution in [0.1, 0.15) is 25.0 Å². The van der Waals surface area contributed by atoms with E-state index in [-0.39, 0.29) is 5.41 Å². The van der Waals surface area contributed by atoms with Gasteiger partial charge in [-0.3, -0.25) is 0 Å². The van der Waals surface area contributed by atoms with E-state index in [1.807, 2.05) is 0 Å². The summed E-state index contributed by atoms with van der Waals surface area (Å²) in [6.45, 7) is 4.72. The zero-order valence-corrected chi connectivity index (χ0v) is 29.8.